The van der Waals surface area contributed by atoms with Crippen LogP contribution in [-0.2, 0) is 0 Å². The van der Waals surface area contributed by atoms with Gasteiger partial charge in [0.25, 0.3) is 0 Å². The summed E-state index contributed by atoms with van der Waals surface area (Å²) in [5.41, 5.74) is -2.52. The van der Waals surface area contributed by atoms with Gasteiger partial charge in [-0.15, -0.1) is 0 Å². The molecule has 0 unspecified atom stereocenters. The van der Waals surface area contributed by atoms with Gasteiger partial charge >= 0.3 is 137 Å². The van der Waals surface area contributed by atoms with Crippen molar-refractivity contribution in [1.29, 1.82) is 0 Å². The Morgan fingerprint density at radius 3 is 1.45 bits per heavy atom. The summed E-state index contributed by atoms with van der Waals surface area (Å²) in [6.45, 7) is 22.9. The van der Waals surface area contributed by atoms with Gasteiger partial charge in [0.1, 0.15) is 0 Å². The molecule has 20 heavy (non-hydrogen) atoms. The number of hydrogen-bond donors (Lipinski definition) is 0. The van der Waals surface area contributed by atoms with E-state index in [-0.39, 0.29) is 19.3 Å². The molecule has 3 heteroatoms. The molecule has 0 saturated carbocycles. The fraction of sp³-hybridized carbons (Fsp3) is 0.647. The van der Waals surface area contributed by atoms with Gasteiger partial charge in [-0.25, -0.2) is 0 Å². The molecule has 114 valence electrons. The molecule has 0 radical (unpaired) electrons. The first-order valence-electron chi connectivity index (χ1n) is 7.57. The molecule has 0 N–H and O–H groups in total. The molecule has 0 fully saturated rings. The zero-order chi connectivity index (χ0) is 15.8. The minimum atomic E-state index is -1.52. The number of benzene rings is 1. The maximum absolute atomic E-state index is 2.59. The molecule has 0 amide bonds. The van der Waals surface area contributed by atoms with Crippen LogP contribution in [0.5, 0.6) is 0 Å². The maximum atomic E-state index is 2.59. The van der Waals surface area contributed by atoms with Gasteiger partial charge in [-0.05, 0) is 0 Å². The van der Waals surface area contributed by atoms with Crippen LogP contribution in [0.15, 0.2) is 30.3 Å². The Bertz CT molecular complexity index is 419. The molecule has 0 bridgehead atoms. The fourth-order valence-corrected chi connectivity index (χ4v) is 58.2. The van der Waals surface area contributed by atoms with Crippen molar-refractivity contribution in [2.75, 3.05) is 0 Å². The number of hydrogen-bond acceptors (Lipinski definition) is 0. The summed E-state index contributed by atoms with van der Waals surface area (Å²) in [6.07, 6.45) is 0. The van der Waals surface area contributed by atoms with E-state index in [9.17, 15) is 0 Å². The number of rotatable bonds is 3. The first-order chi connectivity index (χ1) is 8.81. The Labute approximate surface area is 137 Å². The van der Waals surface area contributed by atoms with Crippen molar-refractivity contribution in [2.45, 2.75) is 71.3 Å². The quantitative estimate of drug-likeness (QED) is 0.606. The minimum absolute atomic E-state index is 0.0265. The van der Waals surface area contributed by atoms with Crippen LogP contribution in [0, 0.1) is 0 Å². The van der Waals surface area contributed by atoms with Gasteiger partial charge in [-0.3, -0.25) is 0 Å². The Hall–Kier alpha value is 0.443. The van der Waals surface area contributed by atoms with Crippen molar-refractivity contribution in [2.24, 2.45) is 0 Å². The molecule has 0 aliphatic heterocycles. The fourth-order valence-electron chi connectivity index (χ4n) is 3.49. The molecule has 0 aliphatic rings. The Morgan fingerprint density at radius 1 is 0.750 bits per heavy atom. The Morgan fingerprint density at radius 2 is 1.15 bits per heavy atom. The van der Waals surface area contributed by atoms with Gasteiger partial charge in [0, 0.05) is 0 Å². The summed E-state index contributed by atoms with van der Waals surface area (Å²) in [6, 6.07) is 11.6. The molecule has 1 aromatic carbocycles. The Kier molecular flexibility index (Phi) is 5.47. The van der Waals surface area contributed by atoms with E-state index in [0.29, 0.717) is 10.1 Å². The summed E-state index contributed by atoms with van der Waals surface area (Å²) in [4.78, 5) is 0. The zero-order valence-electron chi connectivity index (χ0n) is 14.8. The second-order valence-corrected chi connectivity index (χ2v) is 39.7. The van der Waals surface area contributed by atoms with Crippen LogP contribution in [-0.4, -0.2) is 30.6 Å². The van der Waals surface area contributed by atoms with Crippen molar-refractivity contribution in [3.05, 3.63) is 30.3 Å². The van der Waals surface area contributed by atoms with Crippen LogP contribution in [0.3, 0.4) is 0 Å². The van der Waals surface area contributed by atoms with Gasteiger partial charge in [-0.2, -0.15) is 0 Å². The second-order valence-electron chi connectivity index (χ2n) is 8.76. The van der Waals surface area contributed by atoms with Crippen molar-refractivity contribution in [1.82, 2.24) is 0 Å². The first kappa shape index (κ1) is 18.5. The van der Waals surface area contributed by atoms with Gasteiger partial charge in [0.15, 0.2) is 0 Å². The summed E-state index contributed by atoms with van der Waals surface area (Å²) in [5.74, 6) is 0. The monoisotopic (exact) mass is 422 g/mol. The van der Waals surface area contributed by atoms with Crippen LogP contribution >= 0.6 is 0 Å². The third-order valence-corrected chi connectivity index (χ3v) is 48.9. The molecule has 0 heterocycles. The van der Waals surface area contributed by atoms with E-state index in [1.807, 2.05) is 0 Å². The van der Waals surface area contributed by atoms with Crippen molar-refractivity contribution < 1.29 is 0 Å². The summed E-state index contributed by atoms with van der Waals surface area (Å²) in [7, 11) is 0. The van der Waals surface area contributed by atoms with Gasteiger partial charge < -0.3 is 0 Å². The van der Waals surface area contributed by atoms with Crippen molar-refractivity contribution in [3.8, 4) is 0 Å². The van der Waals surface area contributed by atoms with E-state index in [2.05, 4.69) is 91.5 Å². The topological polar surface area (TPSA) is 0 Å². The van der Waals surface area contributed by atoms with Gasteiger partial charge in [0.2, 0.25) is 0 Å². The SMILES string of the molecule is CC(C)(C)[Si]([Te][Si](C)(C)C)(c1ccccc1)C(C)(C)C. The van der Waals surface area contributed by atoms with E-state index in [1.54, 1.807) is 5.19 Å². The summed E-state index contributed by atoms with van der Waals surface area (Å²) >= 11 is 0.0265. The summed E-state index contributed by atoms with van der Waals surface area (Å²) in [5, 5.41) is 2.59. The molecular formula is C17H32Si2Te. The molecule has 1 rings (SSSR count). The predicted octanol–water partition coefficient (Wildman–Crippen LogP) is 4.98. The third kappa shape index (κ3) is 3.80. The standard InChI is InChI=1S/C17H32Si2Te/c1-16(2,3)19(17(4,5)6,20-18(7,8)9)15-13-11-10-12-14-15/h10-14H,1-9H3. The zero-order valence-corrected chi connectivity index (χ0v) is 19.1. The van der Waals surface area contributed by atoms with E-state index < -0.39 is 11.2 Å². The van der Waals surface area contributed by atoms with Crippen LogP contribution in [0.1, 0.15) is 41.5 Å². The molecule has 1 aromatic rings. The molecule has 0 atom stereocenters. The normalized spacial score (nSPS) is 14.4. The van der Waals surface area contributed by atoms with Crippen LogP contribution in [0.25, 0.3) is 0 Å². The van der Waals surface area contributed by atoms with Crippen molar-refractivity contribution in [3.63, 3.8) is 0 Å². The van der Waals surface area contributed by atoms with Crippen LogP contribution < -0.4 is 5.19 Å². The average molecular weight is 420 g/mol. The third-order valence-electron chi connectivity index (χ3n) is 3.75. The molecule has 0 spiro atoms. The molecule has 0 saturated heterocycles. The van der Waals surface area contributed by atoms with Crippen molar-refractivity contribution >= 4 is 35.8 Å². The predicted molar refractivity (Wildman–Crippen MR) is 100 cm³/mol. The Balaban J connectivity index is 3.61. The second kappa shape index (κ2) is 5.91. The first-order valence-corrected chi connectivity index (χ1v) is 19.9. The summed E-state index contributed by atoms with van der Waals surface area (Å²) < 4.78 is 0. The van der Waals surface area contributed by atoms with Crippen LogP contribution in [0.2, 0.25) is 29.7 Å². The van der Waals surface area contributed by atoms with E-state index in [0.717, 1.165) is 0 Å². The van der Waals surface area contributed by atoms with Gasteiger partial charge in [-0.1, -0.05) is 0 Å². The average Bonchev–Trinajstić information content (AvgIpc) is 2.22. The molecule has 0 nitrogen and oxygen atoms in total. The van der Waals surface area contributed by atoms with Gasteiger partial charge in [0.05, 0.1) is 0 Å². The van der Waals surface area contributed by atoms with E-state index in [1.165, 1.54) is 0 Å². The molecular weight excluding hydrogens is 388 g/mol. The molecule has 0 aliphatic carbocycles. The molecule has 0 aromatic heterocycles. The van der Waals surface area contributed by atoms with Crippen LogP contribution in [0.4, 0.5) is 0 Å². The van der Waals surface area contributed by atoms with E-state index in [4.69, 9.17) is 0 Å². The van der Waals surface area contributed by atoms with E-state index >= 15 is 0 Å².